The average molecular weight is 397 g/mol. The van der Waals surface area contributed by atoms with E-state index >= 15 is 0 Å². The molecular weight excluding hydrogens is 372 g/mol. The van der Waals surface area contributed by atoms with Crippen LogP contribution in [0, 0.1) is 20.8 Å². The first-order chi connectivity index (χ1) is 13.5. The third-order valence-corrected chi connectivity index (χ3v) is 6.44. The number of amides is 1. The van der Waals surface area contributed by atoms with Crippen molar-refractivity contribution in [2.75, 3.05) is 38.2 Å². The van der Waals surface area contributed by atoms with Gasteiger partial charge in [0.15, 0.2) is 0 Å². The molecule has 1 fully saturated rings. The van der Waals surface area contributed by atoms with E-state index in [1.54, 1.807) is 7.11 Å². The maximum atomic E-state index is 13.2. The van der Waals surface area contributed by atoms with Crippen LogP contribution in [0.4, 0.5) is 5.69 Å². The highest BCUT2D eigenvalue weighted by atomic mass is 32.1. The van der Waals surface area contributed by atoms with Gasteiger partial charge in [0.25, 0.3) is 5.91 Å². The fourth-order valence-electron chi connectivity index (χ4n) is 3.86. The highest BCUT2D eigenvalue weighted by molar-refractivity contribution is 7.20. The molecule has 1 aliphatic rings. The fourth-order valence-corrected chi connectivity index (χ4v) is 5.11. The SMILES string of the molecule is COc1ccccc1N1CCN(C(=O)c2sc3nc(C)nc(C)c3c2C)CC1. The van der Waals surface area contributed by atoms with Crippen LogP contribution in [-0.4, -0.2) is 54.1 Å². The number of benzene rings is 1. The van der Waals surface area contributed by atoms with Gasteiger partial charge in [-0.15, -0.1) is 11.3 Å². The molecule has 0 bridgehead atoms. The molecule has 28 heavy (non-hydrogen) atoms. The van der Waals surface area contributed by atoms with E-state index in [1.165, 1.54) is 11.3 Å². The predicted octanol–water partition coefficient (Wildman–Crippen LogP) is 3.59. The van der Waals surface area contributed by atoms with Crippen LogP contribution < -0.4 is 9.64 Å². The number of nitrogens with zero attached hydrogens (tertiary/aromatic N) is 4. The van der Waals surface area contributed by atoms with Crippen LogP contribution in [-0.2, 0) is 0 Å². The average Bonchev–Trinajstić information content (AvgIpc) is 3.04. The number of carbonyl (C=O) groups excluding carboxylic acids is 1. The molecule has 0 radical (unpaired) electrons. The molecule has 3 heterocycles. The third-order valence-electron chi connectivity index (χ3n) is 5.27. The number of ether oxygens (including phenoxy) is 1. The Balaban J connectivity index is 1.54. The molecular formula is C21H24N4O2S. The maximum absolute atomic E-state index is 13.2. The van der Waals surface area contributed by atoms with Crippen molar-refractivity contribution in [3.05, 3.63) is 46.2 Å². The summed E-state index contributed by atoms with van der Waals surface area (Å²) in [7, 11) is 1.69. The lowest BCUT2D eigenvalue weighted by Gasteiger charge is -2.36. The van der Waals surface area contributed by atoms with E-state index in [2.05, 4.69) is 20.9 Å². The van der Waals surface area contributed by atoms with Gasteiger partial charge in [0.2, 0.25) is 0 Å². The number of aryl methyl sites for hydroxylation is 3. The smallest absolute Gasteiger partial charge is 0.264 e. The van der Waals surface area contributed by atoms with Gasteiger partial charge in [0.05, 0.1) is 17.7 Å². The molecule has 0 N–H and O–H groups in total. The summed E-state index contributed by atoms with van der Waals surface area (Å²) in [6.45, 7) is 8.82. The summed E-state index contributed by atoms with van der Waals surface area (Å²) in [5, 5.41) is 1.02. The summed E-state index contributed by atoms with van der Waals surface area (Å²) >= 11 is 1.48. The Morgan fingerprint density at radius 2 is 1.79 bits per heavy atom. The van der Waals surface area contributed by atoms with Crippen LogP contribution in [0.15, 0.2) is 24.3 Å². The van der Waals surface area contributed by atoms with Crippen molar-refractivity contribution in [3.63, 3.8) is 0 Å². The lowest BCUT2D eigenvalue weighted by Crippen LogP contribution is -2.48. The van der Waals surface area contributed by atoms with Gasteiger partial charge in [-0.1, -0.05) is 12.1 Å². The number of fused-ring (bicyclic) bond motifs is 1. The van der Waals surface area contributed by atoms with Crippen LogP contribution in [0.5, 0.6) is 5.75 Å². The van der Waals surface area contributed by atoms with E-state index in [0.29, 0.717) is 13.1 Å². The molecule has 3 aromatic rings. The first-order valence-corrected chi connectivity index (χ1v) is 10.2. The quantitative estimate of drug-likeness (QED) is 0.677. The highest BCUT2D eigenvalue weighted by Gasteiger charge is 2.27. The van der Waals surface area contributed by atoms with Crippen LogP contribution >= 0.6 is 11.3 Å². The minimum absolute atomic E-state index is 0.0947. The molecule has 0 saturated carbocycles. The van der Waals surface area contributed by atoms with E-state index in [1.807, 2.05) is 43.9 Å². The second kappa shape index (κ2) is 7.39. The Morgan fingerprint density at radius 1 is 1.07 bits per heavy atom. The van der Waals surface area contributed by atoms with Gasteiger partial charge < -0.3 is 14.5 Å². The first kappa shape index (κ1) is 18.7. The van der Waals surface area contributed by atoms with Crippen molar-refractivity contribution >= 4 is 33.1 Å². The number of rotatable bonds is 3. The van der Waals surface area contributed by atoms with Crippen LogP contribution in [0.25, 0.3) is 10.2 Å². The van der Waals surface area contributed by atoms with Crippen LogP contribution in [0.1, 0.15) is 26.8 Å². The zero-order chi connectivity index (χ0) is 19.8. The Morgan fingerprint density at radius 3 is 2.50 bits per heavy atom. The number of anilines is 1. The van der Waals surface area contributed by atoms with Crippen molar-refractivity contribution in [1.29, 1.82) is 0 Å². The Kier molecular flexibility index (Phi) is 4.93. The monoisotopic (exact) mass is 396 g/mol. The fraction of sp³-hybridized carbons (Fsp3) is 0.381. The molecule has 0 aliphatic carbocycles. The number of thiophene rings is 1. The summed E-state index contributed by atoms with van der Waals surface area (Å²) in [5.74, 6) is 1.71. The number of piperazine rings is 1. The Bertz CT molecular complexity index is 1040. The van der Waals surface area contributed by atoms with E-state index in [-0.39, 0.29) is 5.91 Å². The van der Waals surface area contributed by atoms with Gasteiger partial charge >= 0.3 is 0 Å². The number of aromatic nitrogens is 2. The zero-order valence-corrected chi connectivity index (χ0v) is 17.5. The van der Waals surface area contributed by atoms with E-state index in [0.717, 1.165) is 56.7 Å². The van der Waals surface area contributed by atoms with Crippen molar-refractivity contribution in [2.24, 2.45) is 0 Å². The molecule has 0 unspecified atom stereocenters. The molecule has 146 valence electrons. The lowest BCUT2D eigenvalue weighted by molar-refractivity contribution is 0.0751. The number of carbonyl (C=O) groups is 1. The van der Waals surface area contributed by atoms with E-state index in [4.69, 9.17) is 4.74 Å². The molecule has 4 rings (SSSR count). The first-order valence-electron chi connectivity index (χ1n) is 9.41. The van der Waals surface area contributed by atoms with Crippen molar-refractivity contribution in [3.8, 4) is 5.75 Å². The second-order valence-corrected chi connectivity index (χ2v) is 8.04. The summed E-state index contributed by atoms with van der Waals surface area (Å²) in [5.41, 5.74) is 3.02. The Hall–Kier alpha value is -2.67. The molecule has 1 aliphatic heterocycles. The van der Waals surface area contributed by atoms with Gasteiger partial charge in [-0.05, 0) is 38.5 Å². The number of para-hydroxylation sites is 2. The molecule has 1 saturated heterocycles. The molecule has 1 aromatic carbocycles. The topological polar surface area (TPSA) is 58.6 Å². The van der Waals surface area contributed by atoms with E-state index < -0.39 is 0 Å². The number of hydrogen-bond acceptors (Lipinski definition) is 6. The minimum Gasteiger partial charge on any atom is -0.495 e. The molecule has 2 aromatic heterocycles. The summed E-state index contributed by atoms with van der Waals surface area (Å²) < 4.78 is 5.48. The zero-order valence-electron chi connectivity index (χ0n) is 16.7. The minimum atomic E-state index is 0.0947. The molecule has 7 heteroatoms. The lowest BCUT2D eigenvalue weighted by atomic mass is 10.1. The van der Waals surface area contributed by atoms with Gasteiger partial charge in [-0.2, -0.15) is 0 Å². The molecule has 6 nitrogen and oxygen atoms in total. The van der Waals surface area contributed by atoms with Crippen LogP contribution in [0.2, 0.25) is 0 Å². The summed E-state index contributed by atoms with van der Waals surface area (Å²) in [6, 6.07) is 8.02. The normalized spacial score (nSPS) is 14.6. The van der Waals surface area contributed by atoms with E-state index in [9.17, 15) is 4.79 Å². The number of hydrogen-bond donors (Lipinski definition) is 0. The second-order valence-electron chi connectivity index (χ2n) is 7.04. The van der Waals surface area contributed by atoms with Crippen molar-refractivity contribution < 1.29 is 9.53 Å². The summed E-state index contributed by atoms with van der Waals surface area (Å²) in [6.07, 6.45) is 0. The molecule has 0 spiro atoms. The van der Waals surface area contributed by atoms with Gasteiger partial charge in [0, 0.05) is 37.3 Å². The van der Waals surface area contributed by atoms with Gasteiger partial charge in [0.1, 0.15) is 16.4 Å². The standard InChI is InChI=1S/C21H24N4O2S/c1-13-18-14(2)22-15(3)23-20(18)28-19(13)21(26)25-11-9-24(10-12-25)16-7-5-6-8-17(16)27-4/h5-8H,9-12H2,1-4H3. The molecule has 0 atom stereocenters. The molecule has 1 amide bonds. The number of methoxy groups -OCH3 is 1. The highest BCUT2D eigenvalue weighted by Crippen LogP contribution is 2.33. The van der Waals surface area contributed by atoms with Crippen molar-refractivity contribution in [1.82, 2.24) is 14.9 Å². The predicted molar refractivity (Wildman–Crippen MR) is 113 cm³/mol. The third kappa shape index (κ3) is 3.20. The maximum Gasteiger partial charge on any atom is 0.264 e. The Labute approximate surface area is 168 Å². The van der Waals surface area contributed by atoms with Crippen LogP contribution in [0.3, 0.4) is 0 Å². The van der Waals surface area contributed by atoms with Gasteiger partial charge in [-0.25, -0.2) is 9.97 Å². The summed E-state index contributed by atoms with van der Waals surface area (Å²) in [4.78, 5) is 28.1. The largest absolute Gasteiger partial charge is 0.495 e. The van der Waals surface area contributed by atoms with Gasteiger partial charge in [-0.3, -0.25) is 4.79 Å². The van der Waals surface area contributed by atoms with Crippen molar-refractivity contribution in [2.45, 2.75) is 20.8 Å².